The van der Waals surface area contributed by atoms with Crippen molar-refractivity contribution in [3.05, 3.63) is 41.7 Å². The monoisotopic (exact) mass is 271 g/mol. The average molecular weight is 271 g/mol. The van der Waals surface area contributed by atoms with E-state index in [-0.39, 0.29) is 11.8 Å². The third-order valence-corrected chi connectivity index (χ3v) is 3.61. The molecule has 1 saturated heterocycles. The second-order valence-corrected chi connectivity index (χ2v) is 5.20. The normalized spacial score (nSPS) is 18.5. The first kappa shape index (κ1) is 12.8. The molecule has 0 aromatic carbocycles. The summed E-state index contributed by atoms with van der Waals surface area (Å²) in [5.74, 6) is 1.11. The number of hydrogen-bond acceptors (Lipinski definition) is 4. The van der Waals surface area contributed by atoms with E-state index in [1.54, 1.807) is 23.3 Å². The Hall–Kier alpha value is -2.24. The van der Waals surface area contributed by atoms with E-state index in [4.69, 9.17) is 0 Å². The fraction of sp³-hybridized carbons (Fsp3) is 0.429. The van der Waals surface area contributed by atoms with Crippen molar-refractivity contribution in [3.8, 4) is 0 Å². The Morgan fingerprint density at radius 3 is 3.00 bits per heavy atom. The maximum atomic E-state index is 12.3. The first-order valence-electron chi connectivity index (χ1n) is 6.71. The summed E-state index contributed by atoms with van der Waals surface area (Å²) in [7, 11) is 1.81. The molecule has 104 valence electrons. The quantitative estimate of drug-likeness (QED) is 0.822. The van der Waals surface area contributed by atoms with Crippen molar-refractivity contribution >= 4 is 5.91 Å². The van der Waals surface area contributed by atoms with Gasteiger partial charge in [0.05, 0.1) is 11.8 Å². The molecule has 0 radical (unpaired) electrons. The highest BCUT2D eigenvalue weighted by Gasteiger charge is 2.30. The summed E-state index contributed by atoms with van der Waals surface area (Å²) in [6.45, 7) is 3.38. The molecule has 0 N–H and O–H groups in total. The molecule has 1 atom stereocenters. The van der Waals surface area contributed by atoms with Gasteiger partial charge in [0.25, 0.3) is 5.91 Å². The summed E-state index contributed by atoms with van der Waals surface area (Å²) < 4.78 is 1.64. The molecule has 0 bridgehead atoms. The molecule has 3 rings (SSSR count). The number of carbonyl (C=O) groups excluding carboxylic acids is 1. The zero-order chi connectivity index (χ0) is 14.1. The number of aromatic nitrogens is 4. The number of amides is 1. The molecule has 2 aromatic heterocycles. The van der Waals surface area contributed by atoms with Gasteiger partial charge in [0, 0.05) is 44.1 Å². The third-order valence-electron chi connectivity index (χ3n) is 3.61. The Morgan fingerprint density at radius 1 is 1.45 bits per heavy atom. The minimum absolute atomic E-state index is 0.0354. The molecule has 1 unspecified atom stereocenters. The van der Waals surface area contributed by atoms with Crippen molar-refractivity contribution in [2.75, 3.05) is 13.1 Å². The molecule has 1 amide bonds. The molecule has 0 saturated carbocycles. The lowest BCUT2D eigenvalue weighted by molar-refractivity contribution is 0.0790. The lowest BCUT2D eigenvalue weighted by Crippen LogP contribution is -2.28. The van der Waals surface area contributed by atoms with Crippen LogP contribution < -0.4 is 0 Å². The molecule has 1 aliphatic rings. The second kappa shape index (κ2) is 5.03. The van der Waals surface area contributed by atoms with Crippen LogP contribution in [0.1, 0.15) is 34.2 Å². The highest BCUT2D eigenvalue weighted by Crippen LogP contribution is 2.25. The molecule has 20 heavy (non-hydrogen) atoms. The van der Waals surface area contributed by atoms with Gasteiger partial charge in [-0.1, -0.05) is 0 Å². The van der Waals surface area contributed by atoms with Gasteiger partial charge in [-0.15, -0.1) is 0 Å². The number of aryl methyl sites for hydroxylation is 2. The highest BCUT2D eigenvalue weighted by atomic mass is 16.2. The summed E-state index contributed by atoms with van der Waals surface area (Å²) in [5, 5.41) is 4.04. The third kappa shape index (κ3) is 2.41. The molecule has 3 heterocycles. The Morgan fingerprint density at radius 2 is 2.30 bits per heavy atom. The molecule has 6 nitrogen and oxygen atoms in total. The summed E-state index contributed by atoms with van der Waals surface area (Å²) in [6, 6.07) is 1.89. The Labute approximate surface area is 117 Å². The zero-order valence-corrected chi connectivity index (χ0v) is 11.7. The van der Waals surface area contributed by atoms with Crippen LogP contribution >= 0.6 is 0 Å². The van der Waals surface area contributed by atoms with Gasteiger partial charge in [0.15, 0.2) is 0 Å². The molecule has 0 spiro atoms. The fourth-order valence-corrected chi connectivity index (χ4v) is 2.53. The van der Waals surface area contributed by atoms with E-state index in [0.29, 0.717) is 12.1 Å². The molecule has 6 heteroatoms. The Kier molecular flexibility index (Phi) is 3.22. The van der Waals surface area contributed by atoms with Crippen molar-refractivity contribution in [2.45, 2.75) is 19.3 Å². The number of hydrogen-bond donors (Lipinski definition) is 0. The standard InChI is InChI=1S/C14H17N5O/c1-10-3-5-15-13(17-10)11-4-6-19(9-11)14(20)12-7-16-18(2)8-12/h3,5,7-8,11H,4,6,9H2,1-2H3. The van der Waals surface area contributed by atoms with Gasteiger partial charge in [0.2, 0.25) is 0 Å². The van der Waals surface area contributed by atoms with Crippen LogP contribution in [-0.4, -0.2) is 43.6 Å². The average Bonchev–Trinajstić information content (AvgIpc) is 3.07. The smallest absolute Gasteiger partial charge is 0.257 e. The Bertz CT molecular complexity index is 636. The highest BCUT2D eigenvalue weighted by molar-refractivity contribution is 5.93. The van der Waals surface area contributed by atoms with Crippen LogP contribution in [0.5, 0.6) is 0 Å². The van der Waals surface area contributed by atoms with E-state index in [9.17, 15) is 4.79 Å². The number of rotatable bonds is 2. The van der Waals surface area contributed by atoms with E-state index >= 15 is 0 Å². The van der Waals surface area contributed by atoms with E-state index in [2.05, 4.69) is 15.1 Å². The van der Waals surface area contributed by atoms with Gasteiger partial charge in [-0.2, -0.15) is 5.10 Å². The van der Waals surface area contributed by atoms with Crippen LogP contribution in [0, 0.1) is 6.92 Å². The summed E-state index contributed by atoms with van der Waals surface area (Å²) >= 11 is 0. The van der Waals surface area contributed by atoms with Crippen LogP contribution in [0.4, 0.5) is 0 Å². The van der Waals surface area contributed by atoms with Crippen LogP contribution in [0.25, 0.3) is 0 Å². The second-order valence-electron chi connectivity index (χ2n) is 5.20. The molecular formula is C14H17N5O. The van der Waals surface area contributed by atoms with Gasteiger partial charge >= 0.3 is 0 Å². The van der Waals surface area contributed by atoms with Crippen molar-refractivity contribution in [1.82, 2.24) is 24.6 Å². The van der Waals surface area contributed by atoms with E-state index < -0.39 is 0 Å². The van der Waals surface area contributed by atoms with Gasteiger partial charge < -0.3 is 4.90 Å². The number of carbonyl (C=O) groups is 1. The summed E-state index contributed by atoms with van der Waals surface area (Å²) in [6.07, 6.45) is 6.05. The summed E-state index contributed by atoms with van der Waals surface area (Å²) in [5.41, 5.74) is 1.60. The minimum atomic E-state index is 0.0354. The lowest BCUT2D eigenvalue weighted by Gasteiger charge is -2.15. The van der Waals surface area contributed by atoms with Gasteiger partial charge in [-0.05, 0) is 19.4 Å². The number of nitrogens with zero attached hydrogens (tertiary/aromatic N) is 5. The maximum absolute atomic E-state index is 12.3. The molecule has 1 aliphatic heterocycles. The topological polar surface area (TPSA) is 63.9 Å². The SMILES string of the molecule is Cc1ccnc(C2CCN(C(=O)c3cnn(C)c3)C2)n1. The van der Waals surface area contributed by atoms with Crippen LogP contribution in [-0.2, 0) is 7.05 Å². The first-order chi connectivity index (χ1) is 9.63. The zero-order valence-electron chi connectivity index (χ0n) is 11.7. The molecule has 1 fully saturated rings. The summed E-state index contributed by atoms with van der Waals surface area (Å²) in [4.78, 5) is 23.0. The molecular weight excluding hydrogens is 254 g/mol. The molecule has 2 aromatic rings. The van der Waals surface area contributed by atoms with Crippen molar-refractivity contribution in [3.63, 3.8) is 0 Å². The lowest BCUT2D eigenvalue weighted by atomic mass is 10.1. The van der Waals surface area contributed by atoms with Gasteiger partial charge in [0.1, 0.15) is 5.82 Å². The van der Waals surface area contributed by atoms with E-state index in [0.717, 1.165) is 24.5 Å². The predicted octanol–water partition coefficient (Wildman–Crippen LogP) is 1.15. The Balaban J connectivity index is 1.72. The van der Waals surface area contributed by atoms with Crippen LogP contribution in [0.15, 0.2) is 24.7 Å². The minimum Gasteiger partial charge on any atom is -0.338 e. The predicted molar refractivity (Wildman–Crippen MR) is 73.2 cm³/mol. The fourth-order valence-electron chi connectivity index (χ4n) is 2.53. The van der Waals surface area contributed by atoms with Crippen molar-refractivity contribution in [2.24, 2.45) is 7.05 Å². The van der Waals surface area contributed by atoms with Crippen LogP contribution in [0.3, 0.4) is 0 Å². The van der Waals surface area contributed by atoms with Gasteiger partial charge in [-0.25, -0.2) is 9.97 Å². The maximum Gasteiger partial charge on any atom is 0.257 e. The van der Waals surface area contributed by atoms with Crippen LogP contribution in [0.2, 0.25) is 0 Å². The largest absolute Gasteiger partial charge is 0.338 e. The van der Waals surface area contributed by atoms with Gasteiger partial charge in [-0.3, -0.25) is 9.48 Å². The van der Waals surface area contributed by atoms with E-state index in [1.807, 2.05) is 24.9 Å². The molecule has 0 aliphatic carbocycles. The van der Waals surface area contributed by atoms with E-state index in [1.165, 1.54) is 0 Å². The number of likely N-dealkylation sites (tertiary alicyclic amines) is 1. The van der Waals surface area contributed by atoms with Crippen molar-refractivity contribution < 1.29 is 4.79 Å². The van der Waals surface area contributed by atoms with Crippen molar-refractivity contribution in [1.29, 1.82) is 0 Å². The first-order valence-corrected chi connectivity index (χ1v) is 6.71.